The molecule has 0 radical (unpaired) electrons. The number of hydrogen-bond acceptors (Lipinski definition) is 5. The van der Waals surface area contributed by atoms with Gasteiger partial charge in [-0.25, -0.2) is 4.79 Å². The number of carbonyl (C=O) groups excluding carboxylic acids is 1. The van der Waals surface area contributed by atoms with Crippen LogP contribution in [-0.4, -0.2) is 37.5 Å². The second-order valence-corrected chi connectivity index (χ2v) is 7.01. The van der Waals surface area contributed by atoms with Gasteiger partial charge in [-0.05, 0) is 42.4 Å². The lowest BCUT2D eigenvalue weighted by Gasteiger charge is -2.33. The first-order chi connectivity index (χ1) is 12.1. The lowest BCUT2D eigenvalue weighted by Crippen LogP contribution is -2.40. The van der Waals surface area contributed by atoms with Crippen molar-refractivity contribution in [3.05, 3.63) is 23.8 Å². The van der Waals surface area contributed by atoms with E-state index in [9.17, 15) is 10.1 Å². The summed E-state index contributed by atoms with van der Waals surface area (Å²) in [4.78, 5) is 13.8. The van der Waals surface area contributed by atoms with Gasteiger partial charge in [0.15, 0.2) is 11.5 Å². The van der Waals surface area contributed by atoms with Crippen molar-refractivity contribution in [2.45, 2.75) is 32.6 Å². The molecule has 0 aromatic heterocycles. The van der Waals surface area contributed by atoms with Crippen LogP contribution in [0.1, 0.15) is 38.2 Å². The van der Waals surface area contributed by atoms with Crippen molar-refractivity contribution in [3.63, 3.8) is 0 Å². The average Bonchev–Trinajstić information content (AvgIpc) is 3.09. The molecule has 2 aliphatic heterocycles. The molecule has 2 aliphatic rings. The predicted octanol–water partition coefficient (Wildman–Crippen LogP) is 3.53. The van der Waals surface area contributed by atoms with Crippen LogP contribution in [0.15, 0.2) is 18.2 Å². The van der Waals surface area contributed by atoms with Crippen molar-refractivity contribution in [1.29, 1.82) is 5.26 Å². The molecule has 1 amide bonds. The van der Waals surface area contributed by atoms with Crippen LogP contribution in [0.25, 0.3) is 0 Å². The number of fused-ring (bicyclic) bond motifs is 1. The summed E-state index contributed by atoms with van der Waals surface area (Å²) >= 11 is 0. The van der Waals surface area contributed by atoms with Gasteiger partial charge < -0.3 is 19.1 Å². The molecule has 1 saturated heterocycles. The Labute approximate surface area is 148 Å². The van der Waals surface area contributed by atoms with Gasteiger partial charge in [0.2, 0.25) is 6.79 Å². The van der Waals surface area contributed by atoms with E-state index < -0.39 is 0 Å². The van der Waals surface area contributed by atoms with Crippen LogP contribution in [0.5, 0.6) is 11.5 Å². The monoisotopic (exact) mass is 344 g/mol. The fourth-order valence-electron chi connectivity index (χ4n) is 3.30. The summed E-state index contributed by atoms with van der Waals surface area (Å²) in [6, 6.07) is 8.13. The summed E-state index contributed by atoms with van der Waals surface area (Å²) in [5, 5.41) is 9.67. The Morgan fingerprint density at radius 2 is 2.04 bits per heavy atom. The summed E-state index contributed by atoms with van der Waals surface area (Å²) in [7, 11) is 0. The van der Waals surface area contributed by atoms with Crippen LogP contribution in [0.3, 0.4) is 0 Å². The second-order valence-electron chi connectivity index (χ2n) is 7.01. The maximum atomic E-state index is 12.1. The molecule has 6 heteroatoms. The topological polar surface area (TPSA) is 71.8 Å². The molecule has 1 aromatic carbocycles. The summed E-state index contributed by atoms with van der Waals surface area (Å²) in [5.41, 5.74) is 0.951. The number of piperidine rings is 1. The third kappa shape index (κ3) is 3.98. The van der Waals surface area contributed by atoms with Crippen LogP contribution in [0.2, 0.25) is 0 Å². The Kier molecular flexibility index (Phi) is 5.32. The molecule has 1 unspecified atom stereocenters. The highest BCUT2D eigenvalue weighted by atomic mass is 16.7. The van der Waals surface area contributed by atoms with E-state index in [4.69, 9.17) is 14.2 Å². The minimum absolute atomic E-state index is 0.205. The van der Waals surface area contributed by atoms with E-state index in [0.29, 0.717) is 31.4 Å². The average molecular weight is 344 g/mol. The van der Waals surface area contributed by atoms with E-state index in [1.807, 2.05) is 32.0 Å². The van der Waals surface area contributed by atoms with Crippen molar-refractivity contribution in [1.82, 2.24) is 4.90 Å². The van der Waals surface area contributed by atoms with Crippen LogP contribution >= 0.6 is 0 Å². The molecule has 3 rings (SSSR count). The summed E-state index contributed by atoms with van der Waals surface area (Å²) in [6.07, 6.45) is 1.34. The minimum Gasteiger partial charge on any atom is -0.454 e. The van der Waals surface area contributed by atoms with Gasteiger partial charge in [-0.1, -0.05) is 19.9 Å². The predicted molar refractivity (Wildman–Crippen MR) is 91.4 cm³/mol. The van der Waals surface area contributed by atoms with Crippen molar-refractivity contribution >= 4 is 6.09 Å². The molecule has 0 saturated carbocycles. The molecule has 2 heterocycles. The largest absolute Gasteiger partial charge is 0.454 e. The first-order valence-electron chi connectivity index (χ1n) is 8.79. The number of nitrogens with zero attached hydrogens (tertiary/aromatic N) is 2. The molecule has 0 bridgehead atoms. The molecule has 6 nitrogen and oxygen atoms in total. The van der Waals surface area contributed by atoms with Crippen LogP contribution in [0.4, 0.5) is 4.79 Å². The fourth-order valence-corrected chi connectivity index (χ4v) is 3.30. The van der Waals surface area contributed by atoms with Gasteiger partial charge in [-0.3, -0.25) is 0 Å². The maximum absolute atomic E-state index is 12.1. The Hall–Kier alpha value is -2.42. The van der Waals surface area contributed by atoms with E-state index >= 15 is 0 Å². The number of amides is 1. The van der Waals surface area contributed by atoms with Gasteiger partial charge in [0.1, 0.15) is 0 Å². The lowest BCUT2D eigenvalue weighted by molar-refractivity contribution is 0.0780. The molecule has 134 valence electrons. The normalized spacial score (nSPS) is 18.1. The van der Waals surface area contributed by atoms with Crippen LogP contribution in [0, 0.1) is 23.2 Å². The Bertz CT molecular complexity index is 660. The van der Waals surface area contributed by atoms with Crippen molar-refractivity contribution in [2.75, 3.05) is 26.5 Å². The summed E-state index contributed by atoms with van der Waals surface area (Å²) < 4.78 is 16.0. The summed E-state index contributed by atoms with van der Waals surface area (Å²) in [6.45, 7) is 5.96. The number of likely N-dealkylation sites (tertiary alicyclic amines) is 1. The number of carbonyl (C=O) groups is 1. The SMILES string of the molecule is CC(C)COC(=O)N1CCC(C(C#N)c2ccc3c(c2)OCO3)CC1. The molecule has 1 atom stereocenters. The summed E-state index contributed by atoms with van der Waals surface area (Å²) in [5.74, 6) is 1.77. The molecular weight excluding hydrogens is 320 g/mol. The van der Waals surface area contributed by atoms with Gasteiger partial charge in [0, 0.05) is 13.1 Å². The molecule has 0 N–H and O–H groups in total. The van der Waals surface area contributed by atoms with E-state index in [2.05, 4.69) is 6.07 Å². The first-order valence-corrected chi connectivity index (χ1v) is 8.79. The van der Waals surface area contributed by atoms with Gasteiger partial charge in [0.25, 0.3) is 0 Å². The number of hydrogen-bond donors (Lipinski definition) is 0. The van der Waals surface area contributed by atoms with E-state index in [1.165, 1.54) is 0 Å². The van der Waals surface area contributed by atoms with Gasteiger partial charge >= 0.3 is 6.09 Å². The Morgan fingerprint density at radius 1 is 1.32 bits per heavy atom. The number of ether oxygens (including phenoxy) is 3. The fraction of sp³-hybridized carbons (Fsp3) is 0.579. The van der Waals surface area contributed by atoms with E-state index in [1.54, 1.807) is 4.90 Å². The molecule has 25 heavy (non-hydrogen) atoms. The second kappa shape index (κ2) is 7.64. The highest BCUT2D eigenvalue weighted by Gasteiger charge is 2.31. The number of rotatable bonds is 4. The number of nitriles is 1. The van der Waals surface area contributed by atoms with E-state index in [-0.39, 0.29) is 24.7 Å². The van der Waals surface area contributed by atoms with Crippen molar-refractivity contribution in [2.24, 2.45) is 11.8 Å². The van der Waals surface area contributed by atoms with Gasteiger partial charge in [0.05, 0.1) is 18.6 Å². The molecular formula is C19H24N2O4. The highest BCUT2D eigenvalue weighted by molar-refractivity contribution is 5.67. The van der Waals surface area contributed by atoms with Crippen molar-refractivity contribution in [3.8, 4) is 17.6 Å². The molecule has 0 spiro atoms. The Balaban J connectivity index is 1.59. The maximum Gasteiger partial charge on any atom is 0.409 e. The third-order valence-corrected chi connectivity index (χ3v) is 4.70. The van der Waals surface area contributed by atoms with Crippen LogP contribution < -0.4 is 9.47 Å². The smallest absolute Gasteiger partial charge is 0.409 e. The third-order valence-electron chi connectivity index (χ3n) is 4.70. The minimum atomic E-state index is -0.247. The zero-order chi connectivity index (χ0) is 17.8. The molecule has 0 aliphatic carbocycles. The molecule has 1 aromatic rings. The van der Waals surface area contributed by atoms with Crippen molar-refractivity contribution < 1.29 is 19.0 Å². The van der Waals surface area contributed by atoms with Crippen LogP contribution in [-0.2, 0) is 4.74 Å². The van der Waals surface area contributed by atoms with Gasteiger partial charge in [-0.15, -0.1) is 0 Å². The number of benzene rings is 1. The first kappa shape index (κ1) is 17.4. The van der Waals surface area contributed by atoms with E-state index in [0.717, 1.165) is 24.2 Å². The Morgan fingerprint density at radius 3 is 2.72 bits per heavy atom. The zero-order valence-electron chi connectivity index (χ0n) is 14.7. The quantitative estimate of drug-likeness (QED) is 0.835. The molecule has 1 fully saturated rings. The van der Waals surface area contributed by atoms with Gasteiger partial charge in [-0.2, -0.15) is 5.26 Å². The lowest BCUT2D eigenvalue weighted by atomic mass is 9.81. The standard InChI is InChI=1S/C19H24N2O4/c1-13(2)11-23-19(22)21-7-5-14(6-8-21)16(10-20)15-3-4-17-18(9-15)25-12-24-17/h3-4,9,13-14,16H,5-8,11-12H2,1-2H3. The zero-order valence-corrected chi connectivity index (χ0v) is 14.7. The highest BCUT2D eigenvalue weighted by Crippen LogP contribution is 2.38.